The van der Waals surface area contributed by atoms with Gasteiger partial charge in [0.2, 0.25) is 0 Å². The van der Waals surface area contributed by atoms with Crippen molar-refractivity contribution in [2.24, 2.45) is 5.73 Å². The third-order valence-electron chi connectivity index (χ3n) is 3.59. The number of para-hydroxylation sites is 1. The minimum Gasteiger partial charge on any atom is -0.368 e. The standard InChI is InChI=1S/C18H21N7/c1-12-9-15(21-11-18(2,3)20)25-17(22-12)14(10-19)16(24-25)23-13-7-5-4-6-8-13/h4-9,21H,11,20H2,1-3H3,(H,23,24). The maximum Gasteiger partial charge on any atom is 0.177 e. The van der Waals surface area contributed by atoms with Crippen LogP contribution in [0.3, 0.4) is 0 Å². The summed E-state index contributed by atoms with van der Waals surface area (Å²) in [5.41, 5.74) is 8.26. The molecule has 0 bridgehead atoms. The molecule has 0 atom stereocenters. The number of aryl methyl sites for hydroxylation is 1. The van der Waals surface area contributed by atoms with Crippen molar-refractivity contribution >= 4 is 23.0 Å². The second-order valence-corrected chi connectivity index (χ2v) is 6.69. The van der Waals surface area contributed by atoms with Gasteiger partial charge in [0.25, 0.3) is 0 Å². The molecule has 0 radical (unpaired) electrons. The van der Waals surface area contributed by atoms with Gasteiger partial charge in [-0.15, -0.1) is 5.10 Å². The van der Waals surface area contributed by atoms with E-state index in [0.29, 0.717) is 23.6 Å². The Balaban J connectivity index is 2.06. The zero-order valence-corrected chi connectivity index (χ0v) is 14.5. The first-order valence-corrected chi connectivity index (χ1v) is 8.03. The van der Waals surface area contributed by atoms with Gasteiger partial charge in [0.05, 0.1) is 0 Å². The van der Waals surface area contributed by atoms with Crippen LogP contribution in [0.5, 0.6) is 0 Å². The van der Waals surface area contributed by atoms with E-state index < -0.39 is 0 Å². The summed E-state index contributed by atoms with van der Waals surface area (Å²) in [5, 5.41) is 20.6. The summed E-state index contributed by atoms with van der Waals surface area (Å²) >= 11 is 0. The lowest BCUT2D eigenvalue weighted by Gasteiger charge is -2.20. The normalized spacial score (nSPS) is 11.3. The number of nitrogens with zero attached hydrogens (tertiary/aromatic N) is 4. The molecule has 128 valence electrons. The number of nitriles is 1. The molecule has 0 fully saturated rings. The number of nitrogens with one attached hydrogen (secondary N) is 2. The Morgan fingerprint density at radius 3 is 2.64 bits per heavy atom. The van der Waals surface area contributed by atoms with Gasteiger partial charge >= 0.3 is 0 Å². The van der Waals surface area contributed by atoms with Crippen molar-refractivity contribution in [2.75, 3.05) is 17.2 Å². The van der Waals surface area contributed by atoms with Gasteiger partial charge in [-0.05, 0) is 32.9 Å². The number of rotatable bonds is 5. The van der Waals surface area contributed by atoms with E-state index in [0.717, 1.165) is 17.2 Å². The number of hydrogen-bond donors (Lipinski definition) is 3. The molecule has 3 rings (SSSR count). The molecule has 7 heteroatoms. The first kappa shape index (κ1) is 16.7. The maximum absolute atomic E-state index is 9.60. The number of anilines is 3. The topological polar surface area (TPSA) is 104 Å². The quantitative estimate of drug-likeness (QED) is 0.662. The minimum absolute atomic E-state index is 0.375. The third kappa shape index (κ3) is 3.70. The van der Waals surface area contributed by atoms with E-state index in [1.165, 1.54) is 0 Å². The highest BCUT2D eigenvalue weighted by Gasteiger charge is 2.18. The summed E-state index contributed by atoms with van der Waals surface area (Å²) in [6, 6.07) is 13.7. The Labute approximate surface area is 146 Å². The van der Waals surface area contributed by atoms with Gasteiger partial charge in [-0.2, -0.15) is 9.78 Å². The van der Waals surface area contributed by atoms with Crippen molar-refractivity contribution in [3.8, 4) is 6.07 Å². The number of aromatic nitrogens is 3. The van der Waals surface area contributed by atoms with E-state index in [1.54, 1.807) is 4.52 Å². The lowest BCUT2D eigenvalue weighted by molar-refractivity contribution is 0.547. The second kappa shape index (κ2) is 6.42. The van der Waals surface area contributed by atoms with Crippen LogP contribution < -0.4 is 16.4 Å². The highest BCUT2D eigenvalue weighted by Crippen LogP contribution is 2.25. The van der Waals surface area contributed by atoms with E-state index in [-0.39, 0.29) is 5.54 Å². The van der Waals surface area contributed by atoms with Gasteiger partial charge in [0, 0.05) is 29.5 Å². The van der Waals surface area contributed by atoms with Crippen LogP contribution in [0.4, 0.5) is 17.3 Å². The molecule has 0 unspecified atom stereocenters. The molecule has 3 aromatic rings. The van der Waals surface area contributed by atoms with Crippen molar-refractivity contribution in [1.82, 2.24) is 14.6 Å². The maximum atomic E-state index is 9.60. The molecule has 4 N–H and O–H groups in total. The summed E-state index contributed by atoms with van der Waals surface area (Å²) in [7, 11) is 0. The predicted molar refractivity (Wildman–Crippen MR) is 98.9 cm³/mol. The van der Waals surface area contributed by atoms with Crippen molar-refractivity contribution < 1.29 is 0 Å². The van der Waals surface area contributed by atoms with Gasteiger partial charge in [-0.1, -0.05) is 18.2 Å². The highest BCUT2D eigenvalue weighted by atomic mass is 15.3. The van der Waals surface area contributed by atoms with Crippen molar-refractivity contribution in [2.45, 2.75) is 26.3 Å². The lowest BCUT2D eigenvalue weighted by atomic mass is 10.1. The van der Waals surface area contributed by atoms with E-state index in [4.69, 9.17) is 5.73 Å². The van der Waals surface area contributed by atoms with Gasteiger partial charge in [-0.25, -0.2) is 4.98 Å². The first-order valence-electron chi connectivity index (χ1n) is 8.03. The number of benzene rings is 1. The summed E-state index contributed by atoms with van der Waals surface area (Å²) in [6.45, 7) is 6.33. The Kier molecular flexibility index (Phi) is 4.30. The van der Waals surface area contributed by atoms with Crippen LogP contribution in [0.15, 0.2) is 36.4 Å². The summed E-state index contributed by atoms with van der Waals surface area (Å²) in [6.07, 6.45) is 0. The van der Waals surface area contributed by atoms with Crippen molar-refractivity contribution in [3.63, 3.8) is 0 Å². The predicted octanol–water partition coefficient (Wildman–Crippen LogP) is 2.80. The average molecular weight is 335 g/mol. The fraction of sp³-hybridized carbons (Fsp3) is 0.278. The second-order valence-electron chi connectivity index (χ2n) is 6.69. The molecule has 0 spiro atoms. The molecule has 0 aliphatic carbocycles. The zero-order valence-electron chi connectivity index (χ0n) is 14.5. The Morgan fingerprint density at radius 1 is 1.28 bits per heavy atom. The van der Waals surface area contributed by atoms with Gasteiger partial charge in [-0.3, -0.25) is 0 Å². The molecule has 1 aromatic carbocycles. The van der Waals surface area contributed by atoms with Gasteiger partial charge in [0.15, 0.2) is 11.5 Å². The smallest absolute Gasteiger partial charge is 0.177 e. The van der Waals surface area contributed by atoms with Crippen LogP contribution in [0.25, 0.3) is 5.65 Å². The Morgan fingerprint density at radius 2 is 2.00 bits per heavy atom. The molecule has 0 amide bonds. The fourth-order valence-corrected chi connectivity index (χ4v) is 2.43. The van der Waals surface area contributed by atoms with Gasteiger partial charge < -0.3 is 16.4 Å². The number of nitrogens with two attached hydrogens (primary N) is 1. The van der Waals surface area contributed by atoms with Crippen LogP contribution in [0, 0.1) is 18.3 Å². The van der Waals surface area contributed by atoms with E-state index in [1.807, 2.05) is 57.2 Å². The summed E-state index contributed by atoms with van der Waals surface area (Å²) in [4.78, 5) is 4.48. The molecule has 2 heterocycles. The Hall–Kier alpha value is -3.11. The molecule has 7 nitrogen and oxygen atoms in total. The van der Waals surface area contributed by atoms with Crippen LogP contribution in [0.2, 0.25) is 0 Å². The zero-order chi connectivity index (χ0) is 18.0. The minimum atomic E-state index is -0.375. The highest BCUT2D eigenvalue weighted by molar-refractivity contribution is 5.73. The largest absolute Gasteiger partial charge is 0.368 e. The number of hydrogen-bond acceptors (Lipinski definition) is 6. The lowest BCUT2D eigenvalue weighted by Crippen LogP contribution is -2.40. The van der Waals surface area contributed by atoms with E-state index in [9.17, 15) is 5.26 Å². The van der Waals surface area contributed by atoms with Crippen LogP contribution >= 0.6 is 0 Å². The fourth-order valence-electron chi connectivity index (χ4n) is 2.43. The van der Waals surface area contributed by atoms with E-state index >= 15 is 0 Å². The molecule has 0 aliphatic rings. The molecule has 25 heavy (non-hydrogen) atoms. The van der Waals surface area contributed by atoms with E-state index in [2.05, 4.69) is 26.8 Å². The number of fused-ring (bicyclic) bond motifs is 1. The molecular weight excluding hydrogens is 314 g/mol. The SMILES string of the molecule is Cc1cc(NCC(C)(C)N)n2nc(Nc3ccccc3)c(C#N)c2n1. The monoisotopic (exact) mass is 335 g/mol. The Bertz CT molecular complexity index is 930. The van der Waals surface area contributed by atoms with Crippen LogP contribution in [-0.2, 0) is 0 Å². The van der Waals surface area contributed by atoms with Crippen LogP contribution in [0.1, 0.15) is 25.1 Å². The third-order valence-corrected chi connectivity index (χ3v) is 3.59. The molecule has 0 aliphatic heterocycles. The van der Waals surface area contributed by atoms with Crippen molar-refractivity contribution in [3.05, 3.63) is 47.7 Å². The van der Waals surface area contributed by atoms with Crippen molar-refractivity contribution in [1.29, 1.82) is 5.26 Å². The van der Waals surface area contributed by atoms with Crippen LogP contribution in [-0.4, -0.2) is 26.7 Å². The molecule has 2 aromatic heterocycles. The first-order chi connectivity index (χ1) is 11.9. The molecule has 0 saturated heterocycles. The summed E-state index contributed by atoms with van der Waals surface area (Å²) < 4.78 is 1.64. The average Bonchev–Trinajstić information content (AvgIpc) is 2.89. The van der Waals surface area contributed by atoms with Gasteiger partial charge in [0.1, 0.15) is 17.5 Å². The molecule has 0 saturated carbocycles. The molecular formula is C18H21N7. The summed E-state index contributed by atoms with van der Waals surface area (Å²) in [5.74, 6) is 1.22.